The number of benzene rings is 3. The third-order valence-electron chi connectivity index (χ3n) is 3.67. The highest BCUT2D eigenvalue weighted by Crippen LogP contribution is 2.25. The van der Waals surface area contributed by atoms with Gasteiger partial charge in [-0.3, -0.25) is 4.79 Å². The first-order chi connectivity index (χ1) is 11.7. The van der Waals surface area contributed by atoms with Crippen LogP contribution >= 0.6 is 15.9 Å². The van der Waals surface area contributed by atoms with Gasteiger partial charge in [0.1, 0.15) is 5.75 Å². The van der Waals surface area contributed by atoms with E-state index in [9.17, 15) is 4.79 Å². The average Bonchev–Trinajstić information content (AvgIpc) is 2.63. The topological polar surface area (TPSA) is 38.3 Å². The van der Waals surface area contributed by atoms with Crippen molar-refractivity contribution in [2.75, 3.05) is 12.4 Å². The molecule has 3 nitrogen and oxygen atoms in total. The van der Waals surface area contributed by atoms with Gasteiger partial charge in [0.15, 0.2) is 0 Å². The lowest BCUT2D eigenvalue weighted by Gasteiger charge is -2.09. The average molecular weight is 382 g/mol. The lowest BCUT2D eigenvalue weighted by Crippen LogP contribution is -2.12. The van der Waals surface area contributed by atoms with E-state index in [1.54, 1.807) is 25.3 Å². The fraction of sp³-hybridized carbons (Fsp3) is 0.0500. The zero-order valence-corrected chi connectivity index (χ0v) is 14.7. The van der Waals surface area contributed by atoms with Gasteiger partial charge in [0.2, 0.25) is 0 Å². The minimum atomic E-state index is -0.187. The maximum absolute atomic E-state index is 12.5. The summed E-state index contributed by atoms with van der Waals surface area (Å²) in [6.45, 7) is 0. The van der Waals surface area contributed by atoms with Crippen LogP contribution in [0.4, 0.5) is 5.69 Å². The number of ether oxygens (including phenoxy) is 1. The Labute approximate surface area is 149 Å². The van der Waals surface area contributed by atoms with Gasteiger partial charge in [-0.25, -0.2) is 0 Å². The standard InChI is InChI=1S/C20H16BrNO2/c1-24-17-11-12-19(21)18(13-17)20(23)22-16-9-7-15(8-10-16)14-5-3-2-4-6-14/h2-13H,1H3,(H,22,23). The molecule has 0 radical (unpaired) electrons. The van der Waals surface area contributed by atoms with E-state index < -0.39 is 0 Å². The van der Waals surface area contributed by atoms with E-state index in [0.717, 1.165) is 21.3 Å². The molecule has 0 aliphatic rings. The van der Waals surface area contributed by atoms with E-state index in [1.165, 1.54) is 0 Å². The van der Waals surface area contributed by atoms with E-state index in [2.05, 4.69) is 33.4 Å². The number of hydrogen-bond acceptors (Lipinski definition) is 2. The quantitative estimate of drug-likeness (QED) is 0.658. The first kappa shape index (κ1) is 16.3. The van der Waals surface area contributed by atoms with E-state index >= 15 is 0 Å². The fourth-order valence-corrected chi connectivity index (χ4v) is 2.81. The molecule has 0 saturated heterocycles. The van der Waals surface area contributed by atoms with Crippen molar-refractivity contribution in [1.29, 1.82) is 0 Å². The lowest BCUT2D eigenvalue weighted by molar-refractivity contribution is 0.102. The van der Waals surface area contributed by atoms with E-state index in [0.29, 0.717) is 11.3 Å². The molecule has 3 aromatic rings. The Morgan fingerprint density at radius 1 is 0.917 bits per heavy atom. The Kier molecular flexibility index (Phi) is 4.96. The Morgan fingerprint density at radius 2 is 1.58 bits per heavy atom. The second kappa shape index (κ2) is 7.32. The van der Waals surface area contributed by atoms with Crippen LogP contribution in [0.2, 0.25) is 0 Å². The maximum atomic E-state index is 12.5. The summed E-state index contributed by atoms with van der Waals surface area (Å²) in [5.74, 6) is 0.455. The summed E-state index contributed by atoms with van der Waals surface area (Å²) in [7, 11) is 1.58. The molecule has 1 N–H and O–H groups in total. The number of halogens is 1. The Bertz CT molecular complexity index is 845. The highest BCUT2D eigenvalue weighted by Gasteiger charge is 2.11. The van der Waals surface area contributed by atoms with Gasteiger partial charge < -0.3 is 10.1 Å². The Morgan fingerprint density at radius 3 is 2.25 bits per heavy atom. The van der Waals surface area contributed by atoms with Crippen molar-refractivity contribution >= 4 is 27.5 Å². The summed E-state index contributed by atoms with van der Waals surface area (Å²) in [6.07, 6.45) is 0. The molecule has 120 valence electrons. The summed E-state index contributed by atoms with van der Waals surface area (Å²) < 4.78 is 5.90. The number of carbonyl (C=O) groups is 1. The number of hydrogen-bond donors (Lipinski definition) is 1. The van der Waals surface area contributed by atoms with E-state index in [-0.39, 0.29) is 5.91 Å². The molecular weight excluding hydrogens is 366 g/mol. The molecule has 24 heavy (non-hydrogen) atoms. The SMILES string of the molecule is COc1ccc(Br)c(C(=O)Nc2ccc(-c3ccccc3)cc2)c1. The van der Waals surface area contributed by atoms with Crippen LogP contribution in [0, 0.1) is 0 Å². The first-order valence-corrected chi connectivity index (χ1v) is 8.27. The predicted octanol–water partition coefficient (Wildman–Crippen LogP) is 5.38. The molecule has 3 rings (SSSR count). The molecule has 0 unspecified atom stereocenters. The van der Waals surface area contributed by atoms with Gasteiger partial charge in [-0.1, -0.05) is 42.5 Å². The van der Waals surface area contributed by atoms with Crippen molar-refractivity contribution in [2.24, 2.45) is 0 Å². The van der Waals surface area contributed by atoms with Gasteiger partial charge in [-0.15, -0.1) is 0 Å². The third kappa shape index (κ3) is 3.66. The predicted molar refractivity (Wildman–Crippen MR) is 101 cm³/mol. The monoisotopic (exact) mass is 381 g/mol. The molecule has 0 heterocycles. The summed E-state index contributed by atoms with van der Waals surface area (Å²) >= 11 is 3.40. The van der Waals surface area contributed by atoms with Crippen molar-refractivity contribution in [3.8, 4) is 16.9 Å². The van der Waals surface area contributed by atoms with Crippen molar-refractivity contribution in [3.63, 3.8) is 0 Å². The van der Waals surface area contributed by atoms with Gasteiger partial charge in [-0.05, 0) is 57.4 Å². The summed E-state index contributed by atoms with van der Waals surface area (Å²) in [5, 5.41) is 2.90. The van der Waals surface area contributed by atoms with Gasteiger partial charge in [0.05, 0.1) is 12.7 Å². The summed E-state index contributed by atoms with van der Waals surface area (Å²) in [5.41, 5.74) is 3.53. The molecule has 0 aliphatic heterocycles. The molecule has 4 heteroatoms. The molecule has 0 fully saturated rings. The van der Waals surface area contributed by atoms with Crippen molar-refractivity contribution < 1.29 is 9.53 Å². The second-order valence-electron chi connectivity index (χ2n) is 5.24. The van der Waals surface area contributed by atoms with Crippen LogP contribution in [0.15, 0.2) is 77.3 Å². The zero-order chi connectivity index (χ0) is 16.9. The fourth-order valence-electron chi connectivity index (χ4n) is 2.38. The molecule has 0 spiro atoms. The molecule has 0 saturated carbocycles. The van der Waals surface area contributed by atoms with Crippen LogP contribution in [0.1, 0.15) is 10.4 Å². The highest BCUT2D eigenvalue weighted by molar-refractivity contribution is 9.10. The molecule has 1 amide bonds. The summed E-state index contributed by atoms with van der Waals surface area (Å²) in [6, 6.07) is 23.2. The molecule has 0 atom stereocenters. The van der Waals surface area contributed by atoms with Crippen LogP contribution in [-0.4, -0.2) is 13.0 Å². The van der Waals surface area contributed by atoms with E-state index in [1.807, 2.05) is 42.5 Å². The smallest absolute Gasteiger partial charge is 0.256 e. The molecule has 3 aromatic carbocycles. The Balaban J connectivity index is 1.78. The van der Waals surface area contributed by atoms with Gasteiger partial charge in [0, 0.05) is 10.2 Å². The molecule has 0 aliphatic carbocycles. The van der Waals surface area contributed by atoms with Crippen LogP contribution < -0.4 is 10.1 Å². The van der Waals surface area contributed by atoms with Crippen molar-refractivity contribution in [2.45, 2.75) is 0 Å². The summed E-state index contributed by atoms with van der Waals surface area (Å²) in [4.78, 5) is 12.5. The third-order valence-corrected chi connectivity index (χ3v) is 4.36. The molecular formula is C20H16BrNO2. The number of rotatable bonds is 4. The van der Waals surface area contributed by atoms with Gasteiger partial charge in [0.25, 0.3) is 5.91 Å². The maximum Gasteiger partial charge on any atom is 0.256 e. The van der Waals surface area contributed by atoms with E-state index in [4.69, 9.17) is 4.74 Å². The lowest BCUT2D eigenvalue weighted by atomic mass is 10.1. The number of amides is 1. The van der Waals surface area contributed by atoms with Gasteiger partial charge in [-0.2, -0.15) is 0 Å². The van der Waals surface area contributed by atoms with Crippen molar-refractivity contribution in [3.05, 3.63) is 82.8 Å². The van der Waals surface area contributed by atoms with Gasteiger partial charge >= 0.3 is 0 Å². The largest absolute Gasteiger partial charge is 0.497 e. The van der Waals surface area contributed by atoms with Crippen LogP contribution in [0.25, 0.3) is 11.1 Å². The molecule has 0 aromatic heterocycles. The van der Waals surface area contributed by atoms with Crippen LogP contribution in [0.3, 0.4) is 0 Å². The first-order valence-electron chi connectivity index (χ1n) is 7.48. The zero-order valence-electron chi connectivity index (χ0n) is 13.1. The Hall–Kier alpha value is -2.59. The van der Waals surface area contributed by atoms with Crippen molar-refractivity contribution in [1.82, 2.24) is 0 Å². The highest BCUT2D eigenvalue weighted by atomic mass is 79.9. The van der Waals surface area contributed by atoms with Crippen LogP contribution in [-0.2, 0) is 0 Å². The minimum absolute atomic E-state index is 0.187. The number of nitrogens with one attached hydrogen (secondary N) is 1. The number of carbonyl (C=O) groups excluding carboxylic acids is 1. The molecule has 0 bridgehead atoms. The normalized spacial score (nSPS) is 10.2. The number of methoxy groups -OCH3 is 1. The number of anilines is 1. The second-order valence-corrected chi connectivity index (χ2v) is 6.10. The van der Waals surface area contributed by atoms with Crippen LogP contribution in [0.5, 0.6) is 5.75 Å². The minimum Gasteiger partial charge on any atom is -0.497 e.